The van der Waals surface area contributed by atoms with E-state index in [4.69, 9.17) is 9.47 Å². The van der Waals surface area contributed by atoms with Crippen LogP contribution in [-0.2, 0) is 24.3 Å². The van der Waals surface area contributed by atoms with Crippen LogP contribution in [0.5, 0.6) is 0 Å². The molecular formula is C16H24N2O5S. The first kappa shape index (κ1) is 18.9. The van der Waals surface area contributed by atoms with Crippen molar-refractivity contribution in [3.05, 3.63) is 24.3 Å². The lowest BCUT2D eigenvalue weighted by molar-refractivity contribution is -0.117. The molecular weight excluding hydrogens is 332 g/mol. The molecule has 0 aromatic heterocycles. The Bertz CT molecular complexity index is 637. The van der Waals surface area contributed by atoms with Gasteiger partial charge in [0.2, 0.25) is 15.9 Å². The van der Waals surface area contributed by atoms with E-state index in [9.17, 15) is 13.2 Å². The quantitative estimate of drug-likeness (QED) is 0.713. The number of ether oxygens (including phenoxy) is 2. The number of carbonyl (C=O) groups excluding carboxylic acids is 1. The molecule has 1 unspecified atom stereocenters. The van der Waals surface area contributed by atoms with Crippen LogP contribution >= 0.6 is 0 Å². The van der Waals surface area contributed by atoms with E-state index in [-0.39, 0.29) is 23.3 Å². The van der Waals surface area contributed by atoms with Crippen LogP contribution in [0, 0.1) is 0 Å². The average Bonchev–Trinajstić information content (AvgIpc) is 3.05. The van der Waals surface area contributed by atoms with Gasteiger partial charge in [-0.1, -0.05) is 0 Å². The zero-order chi connectivity index (χ0) is 17.6. The summed E-state index contributed by atoms with van der Waals surface area (Å²) < 4.78 is 35.9. The first-order chi connectivity index (χ1) is 11.4. The van der Waals surface area contributed by atoms with Crippen LogP contribution in [0.1, 0.15) is 19.3 Å². The molecule has 1 aliphatic rings. The van der Waals surface area contributed by atoms with Crippen LogP contribution in [0.25, 0.3) is 0 Å². The number of amides is 1. The molecule has 0 aliphatic carbocycles. The van der Waals surface area contributed by atoms with Crippen LogP contribution < -0.4 is 5.32 Å². The summed E-state index contributed by atoms with van der Waals surface area (Å²) in [4.78, 5) is 12.0. The molecule has 1 aliphatic heterocycles. The Labute approximate surface area is 143 Å². The molecule has 1 aromatic rings. The molecule has 0 bridgehead atoms. The third-order valence-corrected chi connectivity index (χ3v) is 5.55. The molecule has 0 saturated carbocycles. The zero-order valence-corrected chi connectivity index (χ0v) is 14.8. The first-order valence-corrected chi connectivity index (χ1v) is 9.35. The van der Waals surface area contributed by atoms with Crippen molar-refractivity contribution in [2.75, 3.05) is 39.2 Å². The summed E-state index contributed by atoms with van der Waals surface area (Å²) >= 11 is 0. The minimum Gasteiger partial charge on any atom is -0.378 e. The van der Waals surface area contributed by atoms with Gasteiger partial charge in [-0.25, -0.2) is 12.7 Å². The van der Waals surface area contributed by atoms with E-state index in [2.05, 4.69) is 5.32 Å². The summed E-state index contributed by atoms with van der Waals surface area (Å²) in [6, 6.07) is 6.08. The molecule has 1 heterocycles. The molecule has 1 saturated heterocycles. The third-order valence-electron chi connectivity index (χ3n) is 3.72. The van der Waals surface area contributed by atoms with Crippen molar-refractivity contribution in [3.8, 4) is 0 Å². The molecule has 134 valence electrons. The van der Waals surface area contributed by atoms with Crippen molar-refractivity contribution in [2.24, 2.45) is 0 Å². The van der Waals surface area contributed by atoms with Crippen molar-refractivity contribution in [3.63, 3.8) is 0 Å². The molecule has 1 fully saturated rings. The third kappa shape index (κ3) is 5.27. The maximum atomic E-state index is 12.0. The summed E-state index contributed by atoms with van der Waals surface area (Å²) in [5.41, 5.74) is 0.553. The molecule has 0 spiro atoms. The zero-order valence-electron chi connectivity index (χ0n) is 14.0. The second-order valence-electron chi connectivity index (χ2n) is 5.82. The van der Waals surface area contributed by atoms with Crippen molar-refractivity contribution in [1.82, 2.24) is 4.31 Å². The smallest absolute Gasteiger partial charge is 0.242 e. The largest absolute Gasteiger partial charge is 0.378 e. The summed E-state index contributed by atoms with van der Waals surface area (Å²) in [7, 11) is -0.511. The number of carbonyl (C=O) groups is 1. The fourth-order valence-corrected chi connectivity index (χ4v) is 3.20. The van der Waals surface area contributed by atoms with Gasteiger partial charge in [0.1, 0.15) is 0 Å². The van der Waals surface area contributed by atoms with E-state index in [1.54, 1.807) is 12.1 Å². The summed E-state index contributed by atoms with van der Waals surface area (Å²) in [5.74, 6) is -0.175. The second-order valence-corrected chi connectivity index (χ2v) is 7.97. The number of benzene rings is 1. The van der Waals surface area contributed by atoms with Crippen LogP contribution in [0.4, 0.5) is 5.69 Å². The van der Waals surface area contributed by atoms with Gasteiger partial charge in [0.05, 0.1) is 30.6 Å². The predicted octanol–water partition coefficient (Wildman–Crippen LogP) is 1.46. The summed E-state index contributed by atoms with van der Waals surface area (Å²) in [6.07, 6.45) is 2.46. The van der Waals surface area contributed by atoms with Crippen molar-refractivity contribution >= 4 is 21.6 Å². The van der Waals surface area contributed by atoms with Crippen LogP contribution in [0.3, 0.4) is 0 Å². The highest BCUT2D eigenvalue weighted by atomic mass is 32.2. The number of nitrogens with one attached hydrogen (secondary N) is 1. The van der Waals surface area contributed by atoms with Crippen LogP contribution in [0.15, 0.2) is 29.2 Å². The highest BCUT2D eigenvalue weighted by Gasteiger charge is 2.17. The molecule has 0 radical (unpaired) electrons. The molecule has 7 nitrogen and oxygen atoms in total. The number of hydrogen-bond acceptors (Lipinski definition) is 5. The molecule has 1 atom stereocenters. The van der Waals surface area contributed by atoms with E-state index < -0.39 is 10.0 Å². The maximum absolute atomic E-state index is 12.0. The Hall–Kier alpha value is -1.48. The molecule has 1 amide bonds. The van der Waals surface area contributed by atoms with E-state index in [1.807, 2.05) is 0 Å². The molecule has 8 heteroatoms. The van der Waals surface area contributed by atoms with Crippen molar-refractivity contribution in [2.45, 2.75) is 30.3 Å². The Morgan fingerprint density at radius 1 is 1.33 bits per heavy atom. The lowest BCUT2D eigenvalue weighted by Crippen LogP contribution is -2.22. The minimum absolute atomic E-state index is 0.152. The number of hydrogen-bond donors (Lipinski definition) is 1. The number of nitrogens with zero attached hydrogens (tertiary/aromatic N) is 1. The predicted molar refractivity (Wildman–Crippen MR) is 90.4 cm³/mol. The van der Waals surface area contributed by atoms with Gasteiger partial charge in [-0.2, -0.15) is 0 Å². The second kappa shape index (κ2) is 8.57. The van der Waals surface area contributed by atoms with Gasteiger partial charge in [-0.05, 0) is 37.1 Å². The SMILES string of the molecule is CN(C)S(=O)(=O)c1ccc(NC(=O)CCOCC2CCCO2)cc1. The van der Waals surface area contributed by atoms with Crippen molar-refractivity contribution in [1.29, 1.82) is 0 Å². The summed E-state index contributed by atoms with van der Waals surface area (Å²) in [5, 5.41) is 2.72. The topological polar surface area (TPSA) is 84.9 Å². The Kier molecular flexibility index (Phi) is 6.73. The molecule has 1 N–H and O–H groups in total. The van der Waals surface area contributed by atoms with E-state index >= 15 is 0 Å². The molecule has 1 aromatic carbocycles. The number of anilines is 1. The van der Waals surface area contributed by atoms with Gasteiger partial charge in [0, 0.05) is 26.4 Å². The van der Waals surface area contributed by atoms with E-state index in [1.165, 1.54) is 26.2 Å². The van der Waals surface area contributed by atoms with Gasteiger partial charge in [-0.15, -0.1) is 0 Å². The van der Waals surface area contributed by atoms with Gasteiger partial charge in [0.25, 0.3) is 0 Å². The summed E-state index contributed by atoms with van der Waals surface area (Å²) in [6.45, 7) is 1.64. The lowest BCUT2D eigenvalue weighted by atomic mass is 10.2. The standard InChI is InChI=1S/C16H24N2O5S/c1-18(2)24(20,21)15-7-5-13(6-8-15)17-16(19)9-11-22-12-14-4-3-10-23-14/h5-8,14H,3-4,9-12H2,1-2H3,(H,17,19). The number of sulfonamides is 1. The van der Waals surface area contributed by atoms with E-state index in [0.717, 1.165) is 23.8 Å². The van der Waals surface area contributed by atoms with Gasteiger partial charge >= 0.3 is 0 Å². The Balaban J connectivity index is 1.75. The Morgan fingerprint density at radius 3 is 2.62 bits per heavy atom. The van der Waals surface area contributed by atoms with Gasteiger partial charge in [0.15, 0.2) is 0 Å². The first-order valence-electron chi connectivity index (χ1n) is 7.91. The molecule has 24 heavy (non-hydrogen) atoms. The van der Waals surface area contributed by atoms with Crippen molar-refractivity contribution < 1.29 is 22.7 Å². The van der Waals surface area contributed by atoms with Crippen LogP contribution in [-0.4, -0.2) is 58.7 Å². The van der Waals surface area contributed by atoms with Crippen LogP contribution in [0.2, 0.25) is 0 Å². The highest BCUT2D eigenvalue weighted by molar-refractivity contribution is 7.89. The Morgan fingerprint density at radius 2 is 2.04 bits per heavy atom. The fourth-order valence-electron chi connectivity index (χ4n) is 2.30. The average molecular weight is 356 g/mol. The van der Waals surface area contributed by atoms with Gasteiger partial charge in [-0.3, -0.25) is 4.79 Å². The fraction of sp³-hybridized carbons (Fsp3) is 0.562. The van der Waals surface area contributed by atoms with Gasteiger partial charge < -0.3 is 14.8 Å². The maximum Gasteiger partial charge on any atom is 0.242 e. The minimum atomic E-state index is -3.46. The normalized spacial score (nSPS) is 18.0. The monoisotopic (exact) mass is 356 g/mol. The van der Waals surface area contributed by atoms with E-state index in [0.29, 0.717) is 18.9 Å². The lowest BCUT2D eigenvalue weighted by Gasteiger charge is -2.12. The highest BCUT2D eigenvalue weighted by Crippen LogP contribution is 2.17. The number of rotatable bonds is 8. The molecule has 2 rings (SSSR count).